The van der Waals surface area contributed by atoms with E-state index in [0.717, 1.165) is 5.56 Å². The lowest BCUT2D eigenvalue weighted by atomic mass is 10.2. The standard InChI is InChI=1S/C19H19N3O4S/c1-5-25-19(24)16-10(2)15-17(20-11(3)21-18(15)27-16)26-14-8-6-13(7-9-14)22-12(4)23/h6-9H,5H2,1-4H3,(H,22,23). The van der Waals surface area contributed by atoms with Gasteiger partial charge in [0.05, 0.1) is 12.0 Å². The largest absolute Gasteiger partial charge is 0.462 e. The van der Waals surface area contributed by atoms with E-state index in [0.29, 0.717) is 44.8 Å². The number of hydrogen-bond donors (Lipinski definition) is 1. The van der Waals surface area contributed by atoms with Gasteiger partial charge in [0.1, 0.15) is 21.3 Å². The van der Waals surface area contributed by atoms with Crippen LogP contribution in [-0.4, -0.2) is 28.5 Å². The van der Waals surface area contributed by atoms with E-state index in [9.17, 15) is 9.59 Å². The molecule has 1 aromatic carbocycles. The van der Waals surface area contributed by atoms with Crippen LogP contribution in [-0.2, 0) is 9.53 Å². The van der Waals surface area contributed by atoms with Gasteiger partial charge in [0.2, 0.25) is 11.8 Å². The maximum absolute atomic E-state index is 12.2. The molecule has 0 aliphatic rings. The van der Waals surface area contributed by atoms with Crippen LogP contribution >= 0.6 is 11.3 Å². The molecule has 0 radical (unpaired) electrons. The summed E-state index contributed by atoms with van der Waals surface area (Å²) in [7, 11) is 0. The van der Waals surface area contributed by atoms with Crippen molar-refractivity contribution in [1.29, 1.82) is 0 Å². The molecule has 2 heterocycles. The number of benzene rings is 1. The van der Waals surface area contributed by atoms with Crippen molar-refractivity contribution in [3.63, 3.8) is 0 Å². The van der Waals surface area contributed by atoms with E-state index in [-0.39, 0.29) is 11.9 Å². The summed E-state index contributed by atoms with van der Waals surface area (Å²) in [5.41, 5.74) is 1.41. The first-order valence-electron chi connectivity index (χ1n) is 8.39. The molecule has 0 spiro atoms. The molecule has 140 valence electrons. The molecule has 2 aromatic heterocycles. The van der Waals surface area contributed by atoms with E-state index in [4.69, 9.17) is 9.47 Å². The number of aryl methyl sites for hydroxylation is 2. The Kier molecular flexibility index (Phi) is 5.36. The van der Waals surface area contributed by atoms with Gasteiger partial charge in [-0.1, -0.05) is 0 Å². The van der Waals surface area contributed by atoms with E-state index >= 15 is 0 Å². The zero-order valence-electron chi connectivity index (χ0n) is 15.5. The fourth-order valence-corrected chi connectivity index (χ4v) is 3.70. The second-order valence-corrected chi connectivity index (χ2v) is 6.84. The van der Waals surface area contributed by atoms with Crippen molar-refractivity contribution in [3.05, 3.63) is 40.5 Å². The number of fused-ring (bicyclic) bond motifs is 1. The minimum Gasteiger partial charge on any atom is -0.462 e. The lowest BCUT2D eigenvalue weighted by Crippen LogP contribution is -2.05. The number of nitrogens with zero attached hydrogens (tertiary/aromatic N) is 2. The molecule has 3 aromatic rings. The third-order valence-corrected chi connectivity index (χ3v) is 4.88. The summed E-state index contributed by atoms with van der Waals surface area (Å²) in [5, 5.41) is 3.40. The highest BCUT2D eigenvalue weighted by atomic mass is 32.1. The quantitative estimate of drug-likeness (QED) is 0.661. The Balaban J connectivity index is 1.98. The summed E-state index contributed by atoms with van der Waals surface area (Å²) in [4.78, 5) is 33.3. The molecular formula is C19H19N3O4S. The van der Waals surface area contributed by atoms with Crippen LogP contribution in [0.4, 0.5) is 5.69 Å². The number of hydrogen-bond acceptors (Lipinski definition) is 7. The molecule has 27 heavy (non-hydrogen) atoms. The SMILES string of the molecule is CCOC(=O)c1sc2nc(C)nc(Oc3ccc(NC(C)=O)cc3)c2c1C. The highest BCUT2D eigenvalue weighted by molar-refractivity contribution is 7.20. The van der Waals surface area contributed by atoms with Crippen LogP contribution in [0.15, 0.2) is 24.3 Å². The maximum Gasteiger partial charge on any atom is 0.348 e. The molecule has 0 bridgehead atoms. The fraction of sp³-hybridized carbons (Fsp3) is 0.263. The molecule has 1 N–H and O–H groups in total. The highest BCUT2D eigenvalue weighted by Gasteiger charge is 2.22. The van der Waals surface area contributed by atoms with Crippen LogP contribution < -0.4 is 10.1 Å². The summed E-state index contributed by atoms with van der Waals surface area (Å²) in [5.74, 6) is 0.975. The van der Waals surface area contributed by atoms with E-state index < -0.39 is 0 Å². The molecule has 0 saturated carbocycles. The number of carbonyl (C=O) groups excluding carboxylic acids is 2. The molecule has 7 nitrogen and oxygen atoms in total. The van der Waals surface area contributed by atoms with Crippen molar-refractivity contribution in [1.82, 2.24) is 9.97 Å². The number of amides is 1. The first kappa shape index (κ1) is 18.8. The summed E-state index contributed by atoms with van der Waals surface area (Å²) < 4.78 is 11.1. The first-order chi connectivity index (χ1) is 12.9. The van der Waals surface area contributed by atoms with E-state index in [2.05, 4.69) is 15.3 Å². The van der Waals surface area contributed by atoms with Crippen molar-refractivity contribution in [2.24, 2.45) is 0 Å². The Labute approximate surface area is 160 Å². The number of nitrogens with one attached hydrogen (secondary N) is 1. The average Bonchev–Trinajstić information content (AvgIpc) is 2.93. The minimum absolute atomic E-state index is 0.141. The molecule has 8 heteroatoms. The molecular weight excluding hydrogens is 366 g/mol. The molecule has 0 saturated heterocycles. The molecule has 3 rings (SSSR count). The molecule has 0 atom stereocenters. The second kappa shape index (κ2) is 7.71. The lowest BCUT2D eigenvalue weighted by Gasteiger charge is -2.09. The van der Waals surface area contributed by atoms with Gasteiger partial charge in [-0.25, -0.2) is 9.78 Å². The van der Waals surface area contributed by atoms with E-state index in [1.54, 1.807) is 38.1 Å². The van der Waals surface area contributed by atoms with Gasteiger partial charge in [-0.05, 0) is 50.6 Å². The highest BCUT2D eigenvalue weighted by Crippen LogP contribution is 2.37. The van der Waals surface area contributed by atoms with Gasteiger partial charge < -0.3 is 14.8 Å². The van der Waals surface area contributed by atoms with Crippen molar-refractivity contribution in [3.8, 4) is 11.6 Å². The fourth-order valence-electron chi connectivity index (χ4n) is 2.59. The van der Waals surface area contributed by atoms with Crippen molar-refractivity contribution < 1.29 is 19.1 Å². The Morgan fingerprint density at radius 1 is 1.15 bits per heavy atom. The smallest absolute Gasteiger partial charge is 0.348 e. The predicted molar refractivity (Wildman–Crippen MR) is 104 cm³/mol. The number of rotatable bonds is 5. The van der Waals surface area contributed by atoms with Gasteiger partial charge >= 0.3 is 5.97 Å². The first-order valence-corrected chi connectivity index (χ1v) is 9.21. The Morgan fingerprint density at radius 2 is 1.85 bits per heavy atom. The molecule has 0 fully saturated rings. The van der Waals surface area contributed by atoms with Crippen molar-refractivity contribution in [2.75, 3.05) is 11.9 Å². The van der Waals surface area contributed by atoms with Gasteiger partial charge in [0.15, 0.2) is 0 Å². The topological polar surface area (TPSA) is 90.4 Å². The van der Waals surface area contributed by atoms with Crippen LogP contribution in [0.1, 0.15) is 34.9 Å². The minimum atomic E-state index is -0.374. The van der Waals surface area contributed by atoms with Crippen molar-refractivity contribution >= 4 is 39.1 Å². The van der Waals surface area contributed by atoms with Gasteiger partial charge in [-0.15, -0.1) is 11.3 Å². The van der Waals surface area contributed by atoms with Gasteiger partial charge in [-0.3, -0.25) is 4.79 Å². The lowest BCUT2D eigenvalue weighted by molar-refractivity contribution is -0.114. The summed E-state index contributed by atoms with van der Waals surface area (Å²) in [6.07, 6.45) is 0. The number of carbonyl (C=O) groups is 2. The van der Waals surface area contributed by atoms with Gasteiger partial charge in [0, 0.05) is 12.6 Å². The van der Waals surface area contributed by atoms with Crippen LogP contribution in [0.5, 0.6) is 11.6 Å². The average molecular weight is 385 g/mol. The van der Waals surface area contributed by atoms with E-state index in [1.807, 2.05) is 6.92 Å². The second-order valence-electron chi connectivity index (χ2n) is 5.84. The Bertz CT molecular complexity index is 1010. The normalized spacial score (nSPS) is 10.7. The summed E-state index contributed by atoms with van der Waals surface area (Å²) in [6, 6.07) is 6.96. The van der Waals surface area contributed by atoms with Gasteiger partial charge in [0.25, 0.3) is 0 Å². The number of thiophene rings is 1. The van der Waals surface area contributed by atoms with Gasteiger partial charge in [-0.2, -0.15) is 4.98 Å². The number of ether oxygens (including phenoxy) is 2. The number of esters is 1. The monoisotopic (exact) mass is 385 g/mol. The maximum atomic E-state index is 12.2. The Hall–Kier alpha value is -3.00. The van der Waals surface area contributed by atoms with Crippen LogP contribution in [0.2, 0.25) is 0 Å². The van der Waals surface area contributed by atoms with Crippen LogP contribution in [0.3, 0.4) is 0 Å². The zero-order chi connectivity index (χ0) is 19.6. The zero-order valence-corrected chi connectivity index (χ0v) is 16.3. The molecule has 1 amide bonds. The van der Waals surface area contributed by atoms with Crippen molar-refractivity contribution in [2.45, 2.75) is 27.7 Å². The Morgan fingerprint density at radius 3 is 2.48 bits per heavy atom. The van der Waals surface area contributed by atoms with E-state index in [1.165, 1.54) is 18.3 Å². The molecule has 0 aliphatic heterocycles. The predicted octanol–water partition coefficient (Wildman–Crippen LogP) is 4.24. The number of aromatic nitrogens is 2. The third kappa shape index (κ3) is 4.06. The summed E-state index contributed by atoms with van der Waals surface area (Å²) >= 11 is 1.27. The summed E-state index contributed by atoms with van der Waals surface area (Å²) in [6.45, 7) is 7.12. The third-order valence-electron chi connectivity index (χ3n) is 3.72. The number of anilines is 1. The molecule has 0 aliphatic carbocycles. The van der Waals surface area contributed by atoms with Crippen LogP contribution in [0.25, 0.3) is 10.2 Å². The molecule has 0 unspecified atom stereocenters. The van der Waals surface area contributed by atoms with Crippen LogP contribution in [0, 0.1) is 13.8 Å².